The molecule has 0 aliphatic heterocycles. The predicted molar refractivity (Wildman–Crippen MR) is 86.9 cm³/mol. The number of benzene rings is 1. The first-order chi connectivity index (χ1) is 11.5. The molecule has 2 amide bonds. The average Bonchev–Trinajstić information content (AvgIpc) is 3.37. The minimum absolute atomic E-state index is 0.263. The van der Waals surface area contributed by atoms with Crippen LogP contribution in [0.15, 0.2) is 24.3 Å². The second-order valence-electron chi connectivity index (χ2n) is 5.78. The van der Waals surface area contributed by atoms with Crippen LogP contribution in [0.5, 0.6) is 5.75 Å². The van der Waals surface area contributed by atoms with Crippen molar-refractivity contribution in [1.82, 2.24) is 10.6 Å². The Morgan fingerprint density at radius 3 is 2.46 bits per heavy atom. The van der Waals surface area contributed by atoms with Crippen LogP contribution in [0.4, 0.5) is 0 Å². The average molecular weight is 334 g/mol. The summed E-state index contributed by atoms with van der Waals surface area (Å²) in [6, 6.07) is 5.66. The summed E-state index contributed by atoms with van der Waals surface area (Å²) in [5.41, 5.74) is 0.402. The molecule has 1 unspecified atom stereocenters. The van der Waals surface area contributed by atoms with E-state index in [-0.39, 0.29) is 6.54 Å². The maximum Gasteiger partial charge on any atom is 0.326 e. The van der Waals surface area contributed by atoms with E-state index in [1.807, 2.05) is 6.92 Å². The van der Waals surface area contributed by atoms with Gasteiger partial charge in [-0.1, -0.05) is 12.8 Å². The van der Waals surface area contributed by atoms with Crippen molar-refractivity contribution in [1.29, 1.82) is 0 Å². The number of carboxylic acids is 1. The summed E-state index contributed by atoms with van der Waals surface area (Å²) in [6.45, 7) is 2.14. The number of carbonyl (C=O) groups excluding carboxylic acids is 2. The lowest BCUT2D eigenvalue weighted by molar-refractivity contribution is -0.142. The van der Waals surface area contributed by atoms with Crippen LogP contribution in [0.3, 0.4) is 0 Å². The molecule has 7 nitrogen and oxygen atoms in total. The third kappa shape index (κ3) is 5.57. The highest BCUT2D eigenvalue weighted by Gasteiger charge is 2.30. The van der Waals surface area contributed by atoms with Crippen molar-refractivity contribution < 1.29 is 24.2 Å². The summed E-state index contributed by atoms with van der Waals surface area (Å²) in [5, 5.41) is 14.0. The van der Waals surface area contributed by atoms with Crippen LogP contribution in [0.25, 0.3) is 0 Å². The molecule has 0 radical (unpaired) electrons. The fourth-order valence-electron chi connectivity index (χ4n) is 2.29. The maximum absolute atomic E-state index is 12.0. The Hall–Kier alpha value is -2.57. The van der Waals surface area contributed by atoms with Gasteiger partial charge in [0.15, 0.2) is 0 Å². The summed E-state index contributed by atoms with van der Waals surface area (Å²) >= 11 is 0. The smallest absolute Gasteiger partial charge is 0.326 e. The van der Waals surface area contributed by atoms with Gasteiger partial charge in [-0.25, -0.2) is 4.79 Å². The van der Waals surface area contributed by atoms with Crippen LogP contribution in [0.1, 0.15) is 36.5 Å². The molecule has 2 rings (SSSR count). The zero-order valence-electron chi connectivity index (χ0n) is 13.6. The van der Waals surface area contributed by atoms with Crippen LogP contribution < -0.4 is 15.4 Å². The fourth-order valence-corrected chi connectivity index (χ4v) is 2.29. The van der Waals surface area contributed by atoms with E-state index >= 15 is 0 Å². The standard InChI is InChI=1S/C17H22N2O5/c1-2-24-13-7-5-12(6-8-13)16(21)18-10-15(20)19-14(17(22)23)9-11-3-4-11/h5-8,11,14H,2-4,9-10H2,1H3,(H,18,21)(H,19,20)(H,22,23). The Morgan fingerprint density at radius 2 is 1.92 bits per heavy atom. The van der Waals surface area contributed by atoms with E-state index in [4.69, 9.17) is 9.84 Å². The SMILES string of the molecule is CCOc1ccc(C(=O)NCC(=O)NC(CC2CC2)C(=O)O)cc1. The topological polar surface area (TPSA) is 105 Å². The molecule has 1 aromatic rings. The van der Waals surface area contributed by atoms with Crippen molar-refractivity contribution in [2.45, 2.75) is 32.2 Å². The monoisotopic (exact) mass is 334 g/mol. The molecule has 0 spiro atoms. The van der Waals surface area contributed by atoms with Gasteiger partial charge in [0, 0.05) is 5.56 Å². The van der Waals surface area contributed by atoms with Gasteiger partial charge in [0.05, 0.1) is 13.2 Å². The Morgan fingerprint density at radius 1 is 1.25 bits per heavy atom. The van der Waals surface area contributed by atoms with E-state index in [2.05, 4.69) is 10.6 Å². The lowest BCUT2D eigenvalue weighted by Crippen LogP contribution is -2.45. The van der Waals surface area contributed by atoms with Gasteiger partial charge in [-0.2, -0.15) is 0 Å². The van der Waals surface area contributed by atoms with Crippen LogP contribution in [0, 0.1) is 5.92 Å². The van der Waals surface area contributed by atoms with Crippen molar-refractivity contribution in [2.75, 3.05) is 13.2 Å². The molecule has 0 heterocycles. The third-order valence-corrected chi connectivity index (χ3v) is 3.74. The molecule has 0 bridgehead atoms. The normalized spacial score (nSPS) is 14.5. The molecule has 130 valence electrons. The van der Waals surface area contributed by atoms with Crippen molar-refractivity contribution in [3.05, 3.63) is 29.8 Å². The van der Waals surface area contributed by atoms with Gasteiger partial charge in [0.1, 0.15) is 11.8 Å². The van der Waals surface area contributed by atoms with Crippen molar-refractivity contribution in [3.8, 4) is 5.75 Å². The number of hydrogen-bond acceptors (Lipinski definition) is 4. The molecule has 3 N–H and O–H groups in total. The molecule has 0 aromatic heterocycles. The Balaban J connectivity index is 1.79. The fraction of sp³-hybridized carbons (Fsp3) is 0.471. The highest BCUT2D eigenvalue weighted by atomic mass is 16.5. The Kier molecular flexibility index (Phi) is 6.17. The minimum Gasteiger partial charge on any atom is -0.494 e. The number of carboxylic acid groups (broad SMARTS) is 1. The number of amides is 2. The molecular formula is C17H22N2O5. The Labute approximate surface area is 140 Å². The van der Waals surface area contributed by atoms with E-state index in [1.165, 1.54) is 0 Å². The summed E-state index contributed by atoms with van der Waals surface area (Å²) in [7, 11) is 0. The lowest BCUT2D eigenvalue weighted by atomic mass is 10.1. The first-order valence-electron chi connectivity index (χ1n) is 8.02. The van der Waals surface area contributed by atoms with Crippen LogP contribution in [-0.2, 0) is 9.59 Å². The van der Waals surface area contributed by atoms with Gasteiger partial charge in [0.2, 0.25) is 5.91 Å². The molecule has 1 aromatic carbocycles. The molecule has 1 aliphatic rings. The zero-order chi connectivity index (χ0) is 17.5. The van der Waals surface area contributed by atoms with Gasteiger partial charge in [-0.3, -0.25) is 9.59 Å². The molecule has 1 atom stereocenters. The number of rotatable bonds is 9. The van der Waals surface area contributed by atoms with Crippen molar-refractivity contribution in [2.24, 2.45) is 5.92 Å². The molecule has 0 saturated heterocycles. The van der Waals surface area contributed by atoms with E-state index < -0.39 is 23.8 Å². The summed E-state index contributed by atoms with van der Waals surface area (Å²) in [5.74, 6) is -0.918. The van der Waals surface area contributed by atoms with Gasteiger partial charge in [-0.05, 0) is 43.5 Å². The number of carbonyl (C=O) groups is 3. The van der Waals surface area contributed by atoms with Gasteiger partial charge in [-0.15, -0.1) is 0 Å². The first kappa shape index (κ1) is 17.8. The first-order valence-corrected chi connectivity index (χ1v) is 8.02. The van der Waals surface area contributed by atoms with E-state index in [0.717, 1.165) is 12.8 Å². The van der Waals surface area contributed by atoms with Crippen LogP contribution >= 0.6 is 0 Å². The molecular weight excluding hydrogens is 312 g/mol. The van der Waals surface area contributed by atoms with Gasteiger partial charge >= 0.3 is 5.97 Å². The van der Waals surface area contributed by atoms with E-state index in [9.17, 15) is 14.4 Å². The lowest BCUT2D eigenvalue weighted by Gasteiger charge is -2.14. The summed E-state index contributed by atoms with van der Waals surface area (Å²) < 4.78 is 5.29. The molecule has 1 fully saturated rings. The highest BCUT2D eigenvalue weighted by molar-refractivity contribution is 5.96. The number of ether oxygens (including phenoxy) is 1. The Bertz CT molecular complexity index is 596. The highest BCUT2D eigenvalue weighted by Crippen LogP contribution is 2.33. The number of aliphatic carboxylic acids is 1. The minimum atomic E-state index is -1.05. The van der Waals surface area contributed by atoms with Crippen molar-refractivity contribution in [3.63, 3.8) is 0 Å². The predicted octanol–water partition coefficient (Wildman–Crippen LogP) is 1.18. The maximum atomic E-state index is 12.0. The molecule has 1 aliphatic carbocycles. The summed E-state index contributed by atoms with van der Waals surface area (Å²) in [6.07, 6.45) is 2.45. The molecule has 24 heavy (non-hydrogen) atoms. The number of hydrogen-bond donors (Lipinski definition) is 3. The van der Waals surface area contributed by atoms with Crippen molar-refractivity contribution >= 4 is 17.8 Å². The largest absolute Gasteiger partial charge is 0.494 e. The van der Waals surface area contributed by atoms with E-state index in [0.29, 0.717) is 30.3 Å². The number of nitrogens with one attached hydrogen (secondary N) is 2. The van der Waals surface area contributed by atoms with Gasteiger partial charge in [0.25, 0.3) is 5.91 Å². The van der Waals surface area contributed by atoms with Crippen LogP contribution in [-0.4, -0.2) is 42.1 Å². The van der Waals surface area contributed by atoms with Gasteiger partial charge < -0.3 is 20.5 Å². The third-order valence-electron chi connectivity index (χ3n) is 3.74. The van der Waals surface area contributed by atoms with E-state index in [1.54, 1.807) is 24.3 Å². The zero-order valence-corrected chi connectivity index (χ0v) is 13.6. The quantitative estimate of drug-likeness (QED) is 0.629. The summed E-state index contributed by atoms with van der Waals surface area (Å²) in [4.78, 5) is 34.9. The second-order valence-corrected chi connectivity index (χ2v) is 5.78. The van der Waals surface area contributed by atoms with Crippen LogP contribution in [0.2, 0.25) is 0 Å². The molecule has 7 heteroatoms. The molecule has 1 saturated carbocycles. The second kappa shape index (κ2) is 8.33.